The summed E-state index contributed by atoms with van der Waals surface area (Å²) in [5.41, 5.74) is 1.01. The lowest BCUT2D eigenvalue weighted by molar-refractivity contribution is -0.128. The fourth-order valence-corrected chi connectivity index (χ4v) is 2.37. The number of carbonyl (C=O) groups is 1. The average Bonchev–Trinajstić information content (AvgIpc) is 2.80. The molecule has 0 aromatic heterocycles. The van der Waals surface area contributed by atoms with Gasteiger partial charge in [-0.15, -0.1) is 0 Å². The first kappa shape index (κ1) is 14.8. The van der Waals surface area contributed by atoms with E-state index in [0.717, 1.165) is 11.3 Å². The van der Waals surface area contributed by atoms with Gasteiger partial charge >= 0.3 is 0 Å². The van der Waals surface area contributed by atoms with Crippen molar-refractivity contribution in [3.63, 3.8) is 0 Å². The zero-order valence-corrected chi connectivity index (χ0v) is 12.6. The lowest BCUT2D eigenvalue weighted by Gasteiger charge is -2.30. The highest BCUT2D eigenvalue weighted by molar-refractivity contribution is 5.81. The van der Waals surface area contributed by atoms with Crippen LogP contribution in [0.5, 0.6) is 5.75 Å². The number of hydrogen-bond acceptors (Lipinski definition) is 4. The predicted molar refractivity (Wildman–Crippen MR) is 78.6 cm³/mol. The topological polar surface area (TPSA) is 44.8 Å². The van der Waals surface area contributed by atoms with Gasteiger partial charge in [-0.05, 0) is 27.1 Å². The molecule has 1 heterocycles. The van der Waals surface area contributed by atoms with Gasteiger partial charge in [0.05, 0.1) is 13.7 Å². The van der Waals surface area contributed by atoms with Crippen LogP contribution in [0.3, 0.4) is 0 Å². The number of hydrogen-bond donors (Lipinski definition) is 1. The van der Waals surface area contributed by atoms with Gasteiger partial charge in [0.2, 0.25) is 5.91 Å². The van der Waals surface area contributed by atoms with Crippen LogP contribution in [0, 0.1) is 0 Å². The maximum Gasteiger partial charge on any atom is 0.238 e. The lowest BCUT2D eigenvalue weighted by Crippen LogP contribution is -2.41. The molecule has 5 nitrogen and oxygen atoms in total. The first-order valence-electron chi connectivity index (χ1n) is 6.86. The normalized spacial score (nSPS) is 20.6. The Kier molecular flexibility index (Phi) is 4.62. The van der Waals surface area contributed by atoms with Crippen molar-refractivity contribution in [1.82, 2.24) is 15.1 Å². The Morgan fingerprint density at radius 1 is 1.45 bits per heavy atom. The fourth-order valence-electron chi connectivity index (χ4n) is 2.37. The van der Waals surface area contributed by atoms with Crippen molar-refractivity contribution in [1.29, 1.82) is 0 Å². The van der Waals surface area contributed by atoms with Crippen molar-refractivity contribution in [2.45, 2.75) is 19.1 Å². The van der Waals surface area contributed by atoms with E-state index in [1.54, 1.807) is 7.11 Å². The summed E-state index contributed by atoms with van der Waals surface area (Å²) in [4.78, 5) is 16.1. The molecule has 0 bridgehead atoms. The van der Waals surface area contributed by atoms with E-state index in [4.69, 9.17) is 4.74 Å². The first-order chi connectivity index (χ1) is 9.54. The zero-order valence-electron chi connectivity index (χ0n) is 12.6. The second-order valence-electron chi connectivity index (χ2n) is 5.38. The monoisotopic (exact) mass is 277 g/mol. The number of rotatable bonds is 5. The second kappa shape index (κ2) is 6.24. The lowest BCUT2D eigenvalue weighted by atomic mass is 10.1. The van der Waals surface area contributed by atoms with Crippen LogP contribution in [-0.4, -0.2) is 56.0 Å². The molecule has 1 saturated heterocycles. The Labute approximate surface area is 120 Å². The SMILES string of the molecule is COc1ccccc1C1NCC(=O)N1CC(C)N(C)C. The standard InChI is InChI=1S/C15H23N3O2/c1-11(17(2)3)10-18-14(19)9-16-15(18)12-7-5-6-8-13(12)20-4/h5-8,11,15-16H,9-10H2,1-4H3. The number of amides is 1. The van der Waals surface area contributed by atoms with E-state index in [1.165, 1.54) is 0 Å². The molecular weight excluding hydrogens is 254 g/mol. The van der Waals surface area contributed by atoms with Crippen LogP contribution in [0.15, 0.2) is 24.3 Å². The minimum absolute atomic E-state index is 0.110. The Hall–Kier alpha value is -1.59. The summed E-state index contributed by atoms with van der Waals surface area (Å²) in [6, 6.07) is 8.13. The highest BCUT2D eigenvalue weighted by atomic mass is 16.5. The summed E-state index contributed by atoms with van der Waals surface area (Å²) >= 11 is 0. The van der Waals surface area contributed by atoms with E-state index < -0.39 is 0 Å². The van der Waals surface area contributed by atoms with E-state index in [-0.39, 0.29) is 12.1 Å². The molecule has 1 aromatic rings. The predicted octanol–water partition coefficient (Wildman–Crippen LogP) is 1.08. The van der Waals surface area contributed by atoms with Crippen LogP contribution in [0.25, 0.3) is 0 Å². The number of nitrogens with zero attached hydrogens (tertiary/aromatic N) is 2. The highest BCUT2D eigenvalue weighted by Gasteiger charge is 2.34. The molecule has 2 unspecified atom stereocenters. The molecule has 1 fully saturated rings. The molecule has 2 atom stereocenters. The number of likely N-dealkylation sites (N-methyl/N-ethyl adjacent to an activating group) is 1. The van der Waals surface area contributed by atoms with E-state index in [0.29, 0.717) is 19.1 Å². The second-order valence-corrected chi connectivity index (χ2v) is 5.38. The van der Waals surface area contributed by atoms with Gasteiger partial charge in [-0.1, -0.05) is 18.2 Å². The largest absolute Gasteiger partial charge is 0.496 e. The van der Waals surface area contributed by atoms with Gasteiger partial charge in [0.1, 0.15) is 11.9 Å². The molecule has 0 aliphatic carbocycles. The fraction of sp³-hybridized carbons (Fsp3) is 0.533. The highest BCUT2D eigenvalue weighted by Crippen LogP contribution is 2.30. The number of nitrogens with one attached hydrogen (secondary N) is 1. The maximum absolute atomic E-state index is 12.1. The van der Waals surface area contributed by atoms with Gasteiger partial charge in [-0.2, -0.15) is 0 Å². The third kappa shape index (κ3) is 2.94. The van der Waals surface area contributed by atoms with Crippen molar-refractivity contribution >= 4 is 5.91 Å². The van der Waals surface area contributed by atoms with Gasteiger partial charge in [-0.25, -0.2) is 0 Å². The van der Waals surface area contributed by atoms with Gasteiger partial charge in [0, 0.05) is 18.2 Å². The van der Waals surface area contributed by atoms with Crippen molar-refractivity contribution < 1.29 is 9.53 Å². The van der Waals surface area contributed by atoms with Crippen LogP contribution < -0.4 is 10.1 Å². The van der Waals surface area contributed by atoms with Gasteiger partial charge in [-0.3, -0.25) is 10.1 Å². The molecule has 20 heavy (non-hydrogen) atoms. The molecule has 2 rings (SSSR count). The number of ether oxygens (including phenoxy) is 1. The molecule has 1 aliphatic heterocycles. The number of methoxy groups -OCH3 is 1. The Morgan fingerprint density at radius 3 is 2.80 bits per heavy atom. The molecule has 1 aliphatic rings. The Balaban J connectivity index is 2.23. The van der Waals surface area contributed by atoms with Crippen molar-refractivity contribution in [2.24, 2.45) is 0 Å². The average molecular weight is 277 g/mol. The summed E-state index contributed by atoms with van der Waals surface area (Å²) in [7, 11) is 5.70. The van der Waals surface area contributed by atoms with Crippen molar-refractivity contribution in [3.05, 3.63) is 29.8 Å². The molecule has 0 saturated carbocycles. The molecule has 5 heteroatoms. The third-order valence-corrected chi connectivity index (χ3v) is 3.85. The number of benzene rings is 1. The van der Waals surface area contributed by atoms with E-state index in [9.17, 15) is 4.79 Å². The third-order valence-electron chi connectivity index (χ3n) is 3.85. The van der Waals surface area contributed by atoms with Crippen LogP contribution in [0.4, 0.5) is 0 Å². The van der Waals surface area contributed by atoms with Gasteiger partial charge in [0.25, 0.3) is 0 Å². The van der Waals surface area contributed by atoms with Gasteiger partial charge < -0.3 is 14.5 Å². The molecule has 0 radical (unpaired) electrons. The molecule has 1 N–H and O–H groups in total. The van der Waals surface area contributed by atoms with Crippen molar-refractivity contribution in [3.8, 4) is 5.75 Å². The number of carbonyl (C=O) groups excluding carboxylic acids is 1. The van der Waals surface area contributed by atoms with Crippen LogP contribution in [0.1, 0.15) is 18.7 Å². The quantitative estimate of drug-likeness (QED) is 0.874. The molecule has 1 aromatic carbocycles. The number of para-hydroxylation sites is 1. The smallest absolute Gasteiger partial charge is 0.238 e. The molecular formula is C15H23N3O2. The maximum atomic E-state index is 12.1. The first-order valence-corrected chi connectivity index (χ1v) is 6.86. The van der Waals surface area contributed by atoms with Crippen LogP contribution >= 0.6 is 0 Å². The Morgan fingerprint density at radius 2 is 2.15 bits per heavy atom. The molecule has 1 amide bonds. The summed E-state index contributed by atoms with van der Waals surface area (Å²) in [6.07, 6.45) is -0.110. The molecule has 0 spiro atoms. The summed E-state index contributed by atoms with van der Waals surface area (Å²) in [5, 5.41) is 3.27. The van der Waals surface area contributed by atoms with Gasteiger partial charge in [0.15, 0.2) is 0 Å². The summed E-state index contributed by atoms with van der Waals surface area (Å²) < 4.78 is 5.41. The van der Waals surface area contributed by atoms with E-state index >= 15 is 0 Å². The van der Waals surface area contributed by atoms with Crippen LogP contribution in [0.2, 0.25) is 0 Å². The van der Waals surface area contributed by atoms with E-state index in [1.807, 2.05) is 43.3 Å². The zero-order chi connectivity index (χ0) is 14.7. The summed E-state index contributed by atoms with van der Waals surface area (Å²) in [5.74, 6) is 0.941. The van der Waals surface area contributed by atoms with E-state index in [2.05, 4.69) is 17.1 Å². The van der Waals surface area contributed by atoms with Crippen molar-refractivity contribution in [2.75, 3.05) is 34.3 Å². The summed E-state index contributed by atoms with van der Waals surface area (Å²) in [6.45, 7) is 3.19. The Bertz CT molecular complexity index is 476. The van der Waals surface area contributed by atoms with Crippen LogP contribution in [-0.2, 0) is 4.79 Å². The minimum atomic E-state index is -0.110. The molecule has 110 valence electrons. The minimum Gasteiger partial charge on any atom is -0.496 e.